The molecule has 0 unspecified atom stereocenters. The van der Waals surface area contributed by atoms with Crippen molar-refractivity contribution in [3.8, 4) is 0 Å². The number of hydrogen-bond acceptors (Lipinski definition) is 4. The van der Waals surface area contributed by atoms with Gasteiger partial charge in [-0.1, -0.05) is 71.1 Å². The molecule has 0 aliphatic heterocycles. The van der Waals surface area contributed by atoms with E-state index in [9.17, 15) is 17.8 Å². The zero-order valence-electron chi connectivity index (χ0n) is 17.3. The van der Waals surface area contributed by atoms with Crippen molar-refractivity contribution < 1.29 is 69.1 Å². The molecule has 0 heterocycles. The van der Waals surface area contributed by atoms with Crippen LogP contribution in [0.3, 0.4) is 0 Å². The molecule has 0 saturated carbocycles. The minimum atomic E-state index is -4.13. The van der Waals surface area contributed by atoms with E-state index in [1.165, 1.54) is 57.8 Å². The van der Waals surface area contributed by atoms with Crippen LogP contribution in [0.2, 0.25) is 0 Å². The fraction of sp³-hybridized carbons (Fsp3) is 0.947. The molecule has 0 aromatic heterocycles. The van der Waals surface area contributed by atoms with Gasteiger partial charge in [-0.2, -0.15) is 0 Å². The molecule has 0 rings (SSSR count). The SMILES string of the molecule is CCCCCCCCCCCCCC(=O)N(C)CCCCS(=O)(=O)[O-].[K+]. The van der Waals surface area contributed by atoms with E-state index in [2.05, 4.69) is 6.92 Å². The number of rotatable bonds is 17. The molecule has 0 spiro atoms. The van der Waals surface area contributed by atoms with E-state index < -0.39 is 10.1 Å². The van der Waals surface area contributed by atoms with E-state index >= 15 is 0 Å². The van der Waals surface area contributed by atoms with E-state index in [1.807, 2.05) is 0 Å². The van der Waals surface area contributed by atoms with Crippen LogP contribution in [0.5, 0.6) is 0 Å². The van der Waals surface area contributed by atoms with Crippen molar-refractivity contribution in [3.63, 3.8) is 0 Å². The Morgan fingerprint density at radius 1 is 0.808 bits per heavy atom. The molecule has 0 saturated heterocycles. The third-order valence-electron chi connectivity index (χ3n) is 4.56. The van der Waals surface area contributed by atoms with Crippen molar-refractivity contribution in [3.05, 3.63) is 0 Å². The summed E-state index contributed by atoms with van der Waals surface area (Å²) >= 11 is 0. The molecule has 0 N–H and O–H groups in total. The van der Waals surface area contributed by atoms with Crippen molar-refractivity contribution in [2.75, 3.05) is 19.3 Å². The Morgan fingerprint density at radius 2 is 1.27 bits per heavy atom. The molecule has 0 fully saturated rings. The topological polar surface area (TPSA) is 77.5 Å². The summed E-state index contributed by atoms with van der Waals surface area (Å²) < 4.78 is 31.5. The minimum Gasteiger partial charge on any atom is -0.748 e. The van der Waals surface area contributed by atoms with Crippen LogP contribution in [0, 0.1) is 0 Å². The van der Waals surface area contributed by atoms with Gasteiger partial charge in [-0.15, -0.1) is 0 Å². The molecule has 26 heavy (non-hydrogen) atoms. The van der Waals surface area contributed by atoms with E-state index in [0.29, 0.717) is 25.8 Å². The van der Waals surface area contributed by atoms with Crippen molar-refractivity contribution in [2.45, 2.75) is 96.8 Å². The number of nitrogens with zero attached hydrogens (tertiary/aromatic N) is 1. The van der Waals surface area contributed by atoms with Gasteiger partial charge in [0, 0.05) is 25.8 Å². The van der Waals surface area contributed by atoms with Crippen LogP contribution in [0.1, 0.15) is 96.8 Å². The minimum absolute atomic E-state index is 0. The molecule has 0 aromatic carbocycles. The van der Waals surface area contributed by atoms with Crippen LogP contribution >= 0.6 is 0 Å². The average Bonchev–Trinajstić information content (AvgIpc) is 2.55. The molecule has 1 amide bonds. The fourth-order valence-corrected chi connectivity index (χ4v) is 3.44. The second kappa shape index (κ2) is 19.3. The monoisotopic (exact) mass is 415 g/mol. The summed E-state index contributed by atoms with van der Waals surface area (Å²) in [7, 11) is -2.39. The second-order valence-electron chi connectivity index (χ2n) is 7.07. The van der Waals surface area contributed by atoms with Crippen LogP contribution in [0.15, 0.2) is 0 Å². The molecule has 0 atom stereocenters. The first-order valence-corrected chi connectivity index (χ1v) is 11.6. The normalized spacial score (nSPS) is 11.2. The Balaban J connectivity index is 0. The van der Waals surface area contributed by atoms with Crippen LogP contribution in [0.4, 0.5) is 0 Å². The molecule has 0 aliphatic carbocycles. The van der Waals surface area contributed by atoms with Gasteiger partial charge in [0.05, 0.1) is 10.1 Å². The summed E-state index contributed by atoms with van der Waals surface area (Å²) in [5, 5.41) is 0. The van der Waals surface area contributed by atoms with Gasteiger partial charge in [0.25, 0.3) is 0 Å². The Morgan fingerprint density at radius 3 is 1.73 bits per heavy atom. The Labute approximate surface area is 204 Å². The molecule has 0 aromatic rings. The van der Waals surface area contributed by atoms with Gasteiger partial charge in [0.2, 0.25) is 5.91 Å². The van der Waals surface area contributed by atoms with Gasteiger partial charge < -0.3 is 9.45 Å². The van der Waals surface area contributed by atoms with Crippen LogP contribution < -0.4 is 51.4 Å². The Hall–Kier alpha value is 1.02. The first-order valence-electron chi connectivity index (χ1n) is 10.0. The quantitative estimate of drug-likeness (QED) is 0.205. The standard InChI is InChI=1S/C19H39NO4S.K/c1-3-4-5-6-7-8-9-10-11-12-13-16-19(21)20(2)17-14-15-18-25(22,23)24;/h3-18H2,1-2H3,(H,22,23,24);/q;+1/p-1. The number of carbonyl (C=O) groups excluding carboxylic acids is 1. The first kappa shape index (κ1) is 29.2. The van der Waals surface area contributed by atoms with Gasteiger partial charge >= 0.3 is 51.4 Å². The zero-order valence-corrected chi connectivity index (χ0v) is 21.2. The molecule has 0 bridgehead atoms. The molecule has 0 radical (unpaired) electrons. The summed E-state index contributed by atoms with van der Waals surface area (Å²) in [4.78, 5) is 13.6. The third kappa shape index (κ3) is 21.3. The van der Waals surface area contributed by atoms with Gasteiger partial charge in [-0.3, -0.25) is 4.79 Å². The van der Waals surface area contributed by atoms with Crippen LogP contribution in [-0.2, 0) is 14.9 Å². The molecule has 0 aliphatic rings. The summed E-state index contributed by atoms with van der Waals surface area (Å²) in [6.45, 7) is 2.76. The molecular weight excluding hydrogens is 377 g/mol. The molecule has 5 nitrogen and oxygen atoms in total. The van der Waals surface area contributed by atoms with Crippen molar-refractivity contribution in [1.82, 2.24) is 4.90 Å². The number of amides is 1. The molecular formula is C19H38KNO4S. The maximum Gasteiger partial charge on any atom is 1.00 e. The van der Waals surface area contributed by atoms with E-state index in [0.717, 1.165) is 12.8 Å². The molecule has 7 heteroatoms. The fourth-order valence-electron chi connectivity index (χ4n) is 2.88. The van der Waals surface area contributed by atoms with Gasteiger partial charge in [0.1, 0.15) is 0 Å². The van der Waals surface area contributed by atoms with Crippen molar-refractivity contribution in [2.24, 2.45) is 0 Å². The summed E-state index contributed by atoms with van der Waals surface area (Å²) in [6, 6.07) is 0. The summed E-state index contributed by atoms with van der Waals surface area (Å²) in [5.41, 5.74) is 0. The summed E-state index contributed by atoms with van der Waals surface area (Å²) in [6.07, 6.45) is 15.3. The zero-order chi connectivity index (χ0) is 19.0. The third-order valence-corrected chi connectivity index (χ3v) is 5.35. The van der Waals surface area contributed by atoms with Gasteiger partial charge in [-0.25, -0.2) is 8.42 Å². The maximum atomic E-state index is 11.9. The smallest absolute Gasteiger partial charge is 0.748 e. The second-order valence-corrected chi connectivity index (χ2v) is 8.59. The van der Waals surface area contributed by atoms with Gasteiger partial charge in [0.15, 0.2) is 0 Å². The largest absolute Gasteiger partial charge is 1.00 e. The average molecular weight is 416 g/mol. The van der Waals surface area contributed by atoms with Gasteiger partial charge in [-0.05, 0) is 19.3 Å². The van der Waals surface area contributed by atoms with E-state index in [4.69, 9.17) is 0 Å². The Bertz CT molecular complexity index is 429. The number of carbonyl (C=O) groups is 1. The van der Waals surface area contributed by atoms with E-state index in [1.54, 1.807) is 11.9 Å². The number of unbranched alkanes of at least 4 members (excludes halogenated alkanes) is 11. The predicted molar refractivity (Wildman–Crippen MR) is 103 cm³/mol. The Kier molecular flexibility index (Phi) is 21.7. The van der Waals surface area contributed by atoms with Crippen LogP contribution in [0.25, 0.3) is 0 Å². The number of hydrogen-bond donors (Lipinski definition) is 0. The first-order chi connectivity index (χ1) is 11.9. The predicted octanol–water partition coefficient (Wildman–Crippen LogP) is 1.48. The maximum absolute atomic E-state index is 11.9. The summed E-state index contributed by atoms with van der Waals surface area (Å²) in [5.74, 6) is -0.228. The van der Waals surface area contributed by atoms with Crippen LogP contribution in [-0.4, -0.2) is 43.1 Å². The van der Waals surface area contributed by atoms with Crippen molar-refractivity contribution >= 4 is 16.0 Å². The van der Waals surface area contributed by atoms with E-state index in [-0.39, 0.29) is 63.0 Å². The molecule has 150 valence electrons. The van der Waals surface area contributed by atoms with Crippen molar-refractivity contribution in [1.29, 1.82) is 0 Å².